The molecule has 2 atom stereocenters. The number of benzene rings is 1. The highest BCUT2D eigenvalue weighted by molar-refractivity contribution is 14.1. The summed E-state index contributed by atoms with van der Waals surface area (Å²) >= 11 is 8.08. The van der Waals surface area contributed by atoms with E-state index in [-0.39, 0.29) is 18.1 Å². The summed E-state index contributed by atoms with van der Waals surface area (Å²) in [6.07, 6.45) is -0.0410. The second-order valence-corrected chi connectivity index (χ2v) is 6.26. The minimum absolute atomic E-state index is 0.0314. The first-order chi connectivity index (χ1) is 9.02. The van der Waals surface area contributed by atoms with Gasteiger partial charge in [-0.2, -0.15) is 0 Å². The van der Waals surface area contributed by atoms with Crippen LogP contribution < -0.4 is 0 Å². The topological polar surface area (TPSA) is 29.5 Å². The van der Waals surface area contributed by atoms with Crippen LogP contribution in [0.2, 0.25) is 0 Å². The molecule has 0 radical (unpaired) electrons. The monoisotopic (exact) mass is 393 g/mol. The summed E-state index contributed by atoms with van der Waals surface area (Å²) in [6, 6.07) is 5.82. The van der Waals surface area contributed by atoms with Gasteiger partial charge in [0.1, 0.15) is 0 Å². The average molecular weight is 394 g/mol. The number of aryl methyl sites for hydroxylation is 1. The molecule has 0 spiro atoms. The zero-order valence-electron chi connectivity index (χ0n) is 11.0. The lowest BCUT2D eigenvalue weighted by atomic mass is 10.1. The van der Waals surface area contributed by atoms with E-state index in [0.29, 0.717) is 19.0 Å². The number of hydrogen-bond donors (Lipinski definition) is 0. The van der Waals surface area contributed by atoms with Gasteiger partial charge in [-0.3, -0.25) is 4.79 Å². The van der Waals surface area contributed by atoms with Crippen LogP contribution in [0.1, 0.15) is 22.8 Å². The Morgan fingerprint density at radius 2 is 2.26 bits per heavy atom. The first-order valence-electron chi connectivity index (χ1n) is 6.28. The normalized spacial score (nSPS) is 23.5. The minimum Gasteiger partial charge on any atom is -0.370 e. The molecule has 0 aromatic heterocycles. The molecule has 1 heterocycles. The Hall–Kier alpha value is -0.330. The van der Waals surface area contributed by atoms with Gasteiger partial charge in [-0.25, -0.2) is 0 Å². The van der Waals surface area contributed by atoms with Crippen molar-refractivity contribution in [2.24, 2.45) is 0 Å². The van der Waals surface area contributed by atoms with Crippen LogP contribution in [0.25, 0.3) is 0 Å². The van der Waals surface area contributed by atoms with Gasteiger partial charge in [-0.05, 0) is 48.1 Å². The number of morpholine rings is 1. The van der Waals surface area contributed by atoms with Crippen molar-refractivity contribution in [3.8, 4) is 0 Å². The highest BCUT2D eigenvalue weighted by Crippen LogP contribution is 2.21. The maximum Gasteiger partial charge on any atom is 0.255 e. The van der Waals surface area contributed by atoms with Gasteiger partial charge in [0.2, 0.25) is 0 Å². The third-order valence-electron chi connectivity index (χ3n) is 3.21. The molecule has 2 rings (SSSR count). The summed E-state index contributed by atoms with van der Waals surface area (Å²) in [7, 11) is 0. The molecule has 1 saturated heterocycles. The highest BCUT2D eigenvalue weighted by Gasteiger charge is 2.29. The molecular formula is C14H17ClINO2. The second-order valence-electron chi connectivity index (χ2n) is 4.87. The van der Waals surface area contributed by atoms with Crippen LogP contribution in [0.4, 0.5) is 0 Å². The Bertz CT molecular complexity index is 481. The Morgan fingerprint density at radius 1 is 1.53 bits per heavy atom. The molecule has 1 aliphatic rings. The summed E-state index contributed by atoms with van der Waals surface area (Å²) in [5.74, 6) is 0.484. The summed E-state index contributed by atoms with van der Waals surface area (Å²) in [6.45, 7) is 5.18. The van der Waals surface area contributed by atoms with Gasteiger partial charge in [0.15, 0.2) is 0 Å². The standard InChI is InChI=1S/C14H17ClINO2/c1-9-4-3-5-12(13(9)16)14(18)17-7-10(2)19-11(6-15)8-17/h3-5,10-11H,6-8H2,1-2H3. The summed E-state index contributed by atoms with van der Waals surface area (Å²) < 4.78 is 6.70. The second kappa shape index (κ2) is 6.41. The number of carbonyl (C=O) groups excluding carboxylic acids is 1. The van der Waals surface area contributed by atoms with E-state index >= 15 is 0 Å². The average Bonchev–Trinajstić information content (AvgIpc) is 2.40. The molecule has 1 amide bonds. The number of carbonyl (C=O) groups is 1. The maximum atomic E-state index is 12.6. The molecule has 2 unspecified atom stereocenters. The van der Waals surface area contributed by atoms with Crippen molar-refractivity contribution in [2.75, 3.05) is 19.0 Å². The van der Waals surface area contributed by atoms with E-state index in [1.165, 1.54) is 0 Å². The molecule has 0 aliphatic carbocycles. The molecule has 19 heavy (non-hydrogen) atoms. The molecule has 0 bridgehead atoms. The lowest BCUT2D eigenvalue weighted by molar-refractivity contribution is -0.0570. The van der Waals surface area contributed by atoms with E-state index in [0.717, 1.165) is 14.7 Å². The molecule has 3 nitrogen and oxygen atoms in total. The molecule has 0 saturated carbocycles. The number of hydrogen-bond acceptors (Lipinski definition) is 2. The van der Waals surface area contributed by atoms with E-state index in [2.05, 4.69) is 22.6 Å². The van der Waals surface area contributed by atoms with Crippen molar-refractivity contribution in [1.82, 2.24) is 4.90 Å². The molecule has 1 fully saturated rings. The summed E-state index contributed by atoms with van der Waals surface area (Å²) in [5, 5.41) is 0. The quantitative estimate of drug-likeness (QED) is 0.571. The van der Waals surface area contributed by atoms with Gasteiger partial charge in [0, 0.05) is 16.7 Å². The predicted octanol–water partition coefficient (Wildman–Crippen LogP) is 3.07. The number of amides is 1. The molecule has 104 valence electrons. The number of alkyl halides is 1. The van der Waals surface area contributed by atoms with Crippen molar-refractivity contribution in [3.05, 3.63) is 32.9 Å². The zero-order valence-corrected chi connectivity index (χ0v) is 13.9. The van der Waals surface area contributed by atoms with E-state index in [1.807, 2.05) is 36.9 Å². The van der Waals surface area contributed by atoms with E-state index in [4.69, 9.17) is 16.3 Å². The fourth-order valence-electron chi connectivity index (χ4n) is 2.28. The number of rotatable bonds is 2. The third-order valence-corrected chi connectivity index (χ3v) is 4.98. The lowest BCUT2D eigenvalue weighted by Gasteiger charge is -2.36. The SMILES string of the molecule is Cc1cccc(C(=O)N2CC(C)OC(CCl)C2)c1I. The smallest absolute Gasteiger partial charge is 0.255 e. The molecule has 1 aromatic carbocycles. The Kier molecular flexibility index (Phi) is 5.09. The minimum atomic E-state index is -0.0724. The van der Waals surface area contributed by atoms with Crippen LogP contribution in [0.15, 0.2) is 18.2 Å². The number of nitrogens with zero attached hydrogens (tertiary/aromatic N) is 1. The van der Waals surface area contributed by atoms with Crippen LogP contribution in [0, 0.1) is 10.5 Å². The van der Waals surface area contributed by atoms with E-state index in [1.54, 1.807) is 0 Å². The van der Waals surface area contributed by atoms with Gasteiger partial charge < -0.3 is 9.64 Å². The van der Waals surface area contributed by atoms with Gasteiger partial charge >= 0.3 is 0 Å². The van der Waals surface area contributed by atoms with E-state index < -0.39 is 0 Å². The van der Waals surface area contributed by atoms with Crippen LogP contribution in [0.5, 0.6) is 0 Å². The number of ether oxygens (including phenoxy) is 1. The molecule has 1 aromatic rings. The van der Waals surface area contributed by atoms with Crippen LogP contribution in [-0.4, -0.2) is 42.0 Å². The molecule has 5 heteroatoms. The Morgan fingerprint density at radius 3 is 2.95 bits per heavy atom. The Balaban J connectivity index is 2.21. The van der Waals surface area contributed by atoms with Gasteiger partial charge in [0.05, 0.1) is 23.7 Å². The van der Waals surface area contributed by atoms with Crippen LogP contribution >= 0.6 is 34.2 Å². The Labute approximate surface area is 132 Å². The zero-order chi connectivity index (χ0) is 14.0. The van der Waals surface area contributed by atoms with E-state index in [9.17, 15) is 4.79 Å². The highest BCUT2D eigenvalue weighted by atomic mass is 127. The van der Waals surface area contributed by atoms with Gasteiger partial charge in [-0.15, -0.1) is 11.6 Å². The molecule has 1 aliphatic heterocycles. The van der Waals surface area contributed by atoms with Crippen LogP contribution in [-0.2, 0) is 4.74 Å². The molecule has 0 N–H and O–H groups in total. The van der Waals surface area contributed by atoms with Gasteiger partial charge in [0.25, 0.3) is 5.91 Å². The van der Waals surface area contributed by atoms with Crippen molar-refractivity contribution in [1.29, 1.82) is 0 Å². The fraction of sp³-hybridized carbons (Fsp3) is 0.500. The first kappa shape index (κ1) is 15.1. The first-order valence-corrected chi connectivity index (χ1v) is 7.90. The van der Waals surface area contributed by atoms with Crippen LogP contribution in [0.3, 0.4) is 0 Å². The maximum absolute atomic E-state index is 12.6. The van der Waals surface area contributed by atoms with Crippen molar-refractivity contribution >= 4 is 40.1 Å². The third kappa shape index (κ3) is 3.41. The van der Waals surface area contributed by atoms with Crippen molar-refractivity contribution < 1.29 is 9.53 Å². The van der Waals surface area contributed by atoms with Crippen molar-refractivity contribution in [3.63, 3.8) is 0 Å². The van der Waals surface area contributed by atoms with Gasteiger partial charge in [-0.1, -0.05) is 12.1 Å². The summed E-state index contributed by atoms with van der Waals surface area (Å²) in [4.78, 5) is 14.4. The fourth-order valence-corrected chi connectivity index (χ4v) is 3.04. The number of halogens is 2. The summed E-state index contributed by atoms with van der Waals surface area (Å²) in [5.41, 5.74) is 1.89. The molecular weight excluding hydrogens is 377 g/mol. The lowest BCUT2D eigenvalue weighted by Crippen LogP contribution is -2.50. The predicted molar refractivity (Wildman–Crippen MR) is 84.9 cm³/mol. The van der Waals surface area contributed by atoms with Crippen molar-refractivity contribution in [2.45, 2.75) is 26.1 Å². The largest absolute Gasteiger partial charge is 0.370 e.